The average Bonchev–Trinajstić information content (AvgIpc) is 2.44. The van der Waals surface area contributed by atoms with Crippen LogP contribution in [0.1, 0.15) is 53.0 Å². The van der Waals surface area contributed by atoms with Gasteiger partial charge in [0.2, 0.25) is 0 Å². The van der Waals surface area contributed by atoms with Crippen molar-refractivity contribution in [2.24, 2.45) is 0 Å². The van der Waals surface area contributed by atoms with Gasteiger partial charge in [-0.3, -0.25) is 0 Å². The summed E-state index contributed by atoms with van der Waals surface area (Å²) in [6.45, 7) is 12.1. The minimum atomic E-state index is 0.258. The Balaban J connectivity index is 2.83. The molecule has 0 aromatic heterocycles. The largest absolute Gasteiger partial charge is 0.490 e. The van der Waals surface area contributed by atoms with E-state index >= 15 is 0 Å². The molecule has 0 fully saturated rings. The third kappa shape index (κ3) is 5.41. The number of nitrogens with one attached hydrogen (secondary N) is 1. The molecule has 0 saturated carbocycles. The highest BCUT2D eigenvalue weighted by Crippen LogP contribution is 2.30. The second-order valence-electron chi connectivity index (χ2n) is 5.31. The summed E-state index contributed by atoms with van der Waals surface area (Å²) in [5.74, 6) is 1.70. The van der Waals surface area contributed by atoms with Gasteiger partial charge in [0, 0.05) is 12.6 Å². The van der Waals surface area contributed by atoms with E-state index in [-0.39, 0.29) is 6.10 Å². The molecule has 1 rings (SSSR count). The number of ether oxygens (including phenoxy) is 2. The molecule has 1 N–H and O–H groups in total. The standard InChI is InChI=1S/C17H29NO2/c1-6-15(7-2)20-16-10-9-14(12-18-13(4)5)11-17(16)19-8-3/h9-11,13,15,18H,6-8,12H2,1-5H3. The van der Waals surface area contributed by atoms with E-state index in [0.717, 1.165) is 30.9 Å². The molecule has 114 valence electrons. The quantitative estimate of drug-likeness (QED) is 0.736. The highest BCUT2D eigenvalue weighted by atomic mass is 16.5. The van der Waals surface area contributed by atoms with Gasteiger partial charge in [-0.1, -0.05) is 33.8 Å². The van der Waals surface area contributed by atoms with Gasteiger partial charge in [-0.15, -0.1) is 0 Å². The van der Waals surface area contributed by atoms with Gasteiger partial charge in [0.25, 0.3) is 0 Å². The SMILES string of the molecule is CCOc1cc(CNC(C)C)ccc1OC(CC)CC. The summed E-state index contributed by atoms with van der Waals surface area (Å²) in [6.07, 6.45) is 2.28. The molecule has 0 aliphatic rings. The lowest BCUT2D eigenvalue weighted by Gasteiger charge is -2.19. The average molecular weight is 279 g/mol. The zero-order valence-corrected chi connectivity index (χ0v) is 13.5. The van der Waals surface area contributed by atoms with Crippen LogP contribution < -0.4 is 14.8 Å². The molecule has 0 unspecified atom stereocenters. The van der Waals surface area contributed by atoms with Gasteiger partial charge in [-0.2, -0.15) is 0 Å². The molecule has 0 spiro atoms. The second kappa shape index (κ2) is 8.85. The number of rotatable bonds is 9. The molecule has 1 aromatic carbocycles. The van der Waals surface area contributed by atoms with Crippen LogP contribution in [0.2, 0.25) is 0 Å². The minimum Gasteiger partial charge on any atom is -0.490 e. The zero-order chi connectivity index (χ0) is 15.0. The number of hydrogen-bond acceptors (Lipinski definition) is 3. The third-order valence-electron chi connectivity index (χ3n) is 3.23. The Morgan fingerprint density at radius 3 is 2.30 bits per heavy atom. The van der Waals surface area contributed by atoms with Crippen molar-refractivity contribution in [3.05, 3.63) is 23.8 Å². The number of benzene rings is 1. The first-order chi connectivity index (χ1) is 9.60. The summed E-state index contributed by atoms with van der Waals surface area (Å²) >= 11 is 0. The van der Waals surface area contributed by atoms with Gasteiger partial charge in [0.1, 0.15) is 0 Å². The van der Waals surface area contributed by atoms with Crippen LogP contribution >= 0.6 is 0 Å². The fourth-order valence-corrected chi connectivity index (χ4v) is 1.98. The van der Waals surface area contributed by atoms with Crippen LogP contribution in [-0.2, 0) is 6.54 Å². The Bertz CT molecular complexity index is 387. The Labute approximate surface area is 123 Å². The molecule has 0 aliphatic carbocycles. The monoisotopic (exact) mass is 279 g/mol. The molecule has 0 radical (unpaired) electrons. The van der Waals surface area contributed by atoms with Gasteiger partial charge >= 0.3 is 0 Å². The van der Waals surface area contributed by atoms with Crippen molar-refractivity contribution in [1.82, 2.24) is 5.32 Å². The van der Waals surface area contributed by atoms with Crippen molar-refractivity contribution in [3.63, 3.8) is 0 Å². The van der Waals surface area contributed by atoms with E-state index in [4.69, 9.17) is 9.47 Å². The maximum absolute atomic E-state index is 6.03. The van der Waals surface area contributed by atoms with E-state index in [2.05, 4.69) is 45.1 Å². The van der Waals surface area contributed by atoms with Crippen molar-refractivity contribution in [1.29, 1.82) is 0 Å². The van der Waals surface area contributed by atoms with Crippen molar-refractivity contribution < 1.29 is 9.47 Å². The molecular weight excluding hydrogens is 250 g/mol. The minimum absolute atomic E-state index is 0.258. The van der Waals surface area contributed by atoms with Crippen LogP contribution in [-0.4, -0.2) is 18.8 Å². The maximum Gasteiger partial charge on any atom is 0.161 e. The first kappa shape index (κ1) is 16.8. The first-order valence-corrected chi connectivity index (χ1v) is 7.76. The molecule has 0 atom stereocenters. The lowest BCUT2D eigenvalue weighted by molar-refractivity contribution is 0.181. The molecule has 0 bridgehead atoms. The van der Waals surface area contributed by atoms with Crippen molar-refractivity contribution in [2.45, 2.75) is 66.2 Å². The summed E-state index contributed by atoms with van der Waals surface area (Å²) in [7, 11) is 0. The normalized spacial score (nSPS) is 11.2. The van der Waals surface area contributed by atoms with E-state index in [1.807, 2.05) is 13.0 Å². The van der Waals surface area contributed by atoms with Crippen LogP contribution in [0.5, 0.6) is 11.5 Å². The van der Waals surface area contributed by atoms with Gasteiger partial charge < -0.3 is 14.8 Å². The van der Waals surface area contributed by atoms with Gasteiger partial charge in [0.15, 0.2) is 11.5 Å². The van der Waals surface area contributed by atoms with Crippen LogP contribution in [0.3, 0.4) is 0 Å². The Morgan fingerprint density at radius 1 is 1.05 bits per heavy atom. The summed E-state index contributed by atoms with van der Waals surface area (Å²) in [5, 5.41) is 3.42. The molecule has 20 heavy (non-hydrogen) atoms. The third-order valence-corrected chi connectivity index (χ3v) is 3.23. The Kier molecular flexibility index (Phi) is 7.45. The van der Waals surface area contributed by atoms with Crippen LogP contribution in [0.15, 0.2) is 18.2 Å². The smallest absolute Gasteiger partial charge is 0.161 e. The van der Waals surface area contributed by atoms with Crippen molar-refractivity contribution >= 4 is 0 Å². The van der Waals surface area contributed by atoms with E-state index in [0.29, 0.717) is 12.6 Å². The molecule has 3 nitrogen and oxygen atoms in total. The lowest BCUT2D eigenvalue weighted by atomic mass is 10.1. The van der Waals surface area contributed by atoms with E-state index in [9.17, 15) is 0 Å². The Hall–Kier alpha value is -1.22. The van der Waals surface area contributed by atoms with E-state index in [1.165, 1.54) is 5.56 Å². The molecule has 3 heteroatoms. The van der Waals surface area contributed by atoms with Gasteiger partial charge in [0.05, 0.1) is 12.7 Å². The zero-order valence-electron chi connectivity index (χ0n) is 13.5. The number of hydrogen-bond donors (Lipinski definition) is 1. The fourth-order valence-electron chi connectivity index (χ4n) is 1.98. The van der Waals surface area contributed by atoms with Crippen LogP contribution in [0.4, 0.5) is 0 Å². The summed E-state index contributed by atoms with van der Waals surface area (Å²) in [4.78, 5) is 0. The summed E-state index contributed by atoms with van der Waals surface area (Å²) < 4.78 is 11.8. The predicted molar refractivity (Wildman–Crippen MR) is 84.6 cm³/mol. The van der Waals surface area contributed by atoms with Crippen molar-refractivity contribution in [3.8, 4) is 11.5 Å². The molecular formula is C17H29NO2. The van der Waals surface area contributed by atoms with Crippen LogP contribution in [0.25, 0.3) is 0 Å². The van der Waals surface area contributed by atoms with Gasteiger partial charge in [-0.25, -0.2) is 0 Å². The molecule has 0 amide bonds. The molecule has 0 aliphatic heterocycles. The van der Waals surface area contributed by atoms with E-state index < -0.39 is 0 Å². The van der Waals surface area contributed by atoms with Gasteiger partial charge in [-0.05, 0) is 37.5 Å². The summed E-state index contributed by atoms with van der Waals surface area (Å²) in [6, 6.07) is 6.69. The van der Waals surface area contributed by atoms with Crippen LogP contribution in [0, 0.1) is 0 Å². The predicted octanol–water partition coefficient (Wildman–Crippen LogP) is 4.15. The molecule has 0 heterocycles. The molecule has 0 saturated heterocycles. The first-order valence-electron chi connectivity index (χ1n) is 7.76. The highest BCUT2D eigenvalue weighted by molar-refractivity contribution is 5.43. The second-order valence-corrected chi connectivity index (χ2v) is 5.31. The van der Waals surface area contributed by atoms with Crippen molar-refractivity contribution in [2.75, 3.05) is 6.61 Å². The molecule has 1 aromatic rings. The summed E-state index contributed by atoms with van der Waals surface area (Å²) in [5.41, 5.74) is 1.22. The highest BCUT2D eigenvalue weighted by Gasteiger charge is 2.11. The maximum atomic E-state index is 6.03. The van der Waals surface area contributed by atoms with E-state index in [1.54, 1.807) is 0 Å². The lowest BCUT2D eigenvalue weighted by Crippen LogP contribution is -2.21. The topological polar surface area (TPSA) is 30.5 Å². The Morgan fingerprint density at radius 2 is 1.75 bits per heavy atom. The fraction of sp³-hybridized carbons (Fsp3) is 0.647.